The fraction of sp³-hybridized carbons (Fsp3) is 0.100. The molecular weight excluding hydrogens is 366 g/mol. The lowest BCUT2D eigenvalue weighted by Crippen LogP contribution is -2.06. The van der Waals surface area contributed by atoms with Gasteiger partial charge in [0.05, 0.1) is 12.3 Å². The molecule has 0 amide bonds. The quantitative estimate of drug-likeness (QED) is 0.631. The van der Waals surface area contributed by atoms with Crippen LogP contribution in [0.25, 0.3) is 0 Å². The van der Waals surface area contributed by atoms with E-state index in [2.05, 4.69) is 0 Å². The minimum Gasteiger partial charge on any atom is -0.341 e. The van der Waals surface area contributed by atoms with E-state index in [1.54, 1.807) is 84.9 Å². The van der Waals surface area contributed by atoms with Gasteiger partial charge in [-0.15, -0.1) is 0 Å². The summed E-state index contributed by atoms with van der Waals surface area (Å²) in [5.41, 5.74) is 1.44. The van der Waals surface area contributed by atoms with Crippen molar-refractivity contribution in [2.45, 2.75) is 12.3 Å². The molecule has 6 heteroatoms. The maximum Gasteiger partial charge on any atom is 0.233 e. The first-order chi connectivity index (χ1) is 12.4. The van der Waals surface area contributed by atoms with E-state index in [1.807, 2.05) is 0 Å². The van der Waals surface area contributed by atoms with Gasteiger partial charge < -0.3 is 9.79 Å². The Morgan fingerprint density at radius 2 is 0.846 bits per heavy atom. The van der Waals surface area contributed by atoms with E-state index in [1.165, 1.54) is 0 Å². The predicted octanol–water partition coefficient (Wildman–Crippen LogP) is 3.88. The highest BCUT2D eigenvalue weighted by atomic mass is 31.2. The molecule has 0 heterocycles. The molecule has 0 saturated heterocycles. The molecule has 0 aliphatic rings. The number of hydrogen-bond acceptors (Lipinski definition) is 2. The molecule has 26 heavy (non-hydrogen) atoms. The van der Waals surface area contributed by atoms with Crippen molar-refractivity contribution < 1.29 is 18.9 Å². The Morgan fingerprint density at radius 1 is 0.538 bits per heavy atom. The van der Waals surface area contributed by atoms with Crippen LogP contribution in [0.2, 0.25) is 0 Å². The van der Waals surface area contributed by atoms with Gasteiger partial charge in [0.1, 0.15) is 0 Å². The maximum atomic E-state index is 12.6. The second-order valence-corrected chi connectivity index (χ2v) is 10.7. The molecule has 2 atom stereocenters. The average molecular weight is 386 g/mol. The summed E-state index contributed by atoms with van der Waals surface area (Å²) in [6, 6.07) is 24.1. The largest absolute Gasteiger partial charge is 0.341 e. The third-order valence-corrected chi connectivity index (χ3v) is 7.93. The van der Waals surface area contributed by atoms with Crippen molar-refractivity contribution in [3.8, 4) is 0 Å². The van der Waals surface area contributed by atoms with Crippen LogP contribution in [0, 0.1) is 0 Å². The smallest absolute Gasteiger partial charge is 0.233 e. The first-order valence-corrected chi connectivity index (χ1v) is 11.9. The van der Waals surface area contributed by atoms with Crippen LogP contribution in [-0.2, 0) is 21.5 Å². The van der Waals surface area contributed by atoms with E-state index in [0.717, 1.165) is 11.1 Å². The van der Waals surface area contributed by atoms with Crippen LogP contribution in [0.5, 0.6) is 0 Å². The molecule has 0 saturated carbocycles. The average Bonchev–Trinajstić information content (AvgIpc) is 2.64. The molecule has 0 aliphatic carbocycles. The molecule has 3 rings (SSSR count). The van der Waals surface area contributed by atoms with E-state index >= 15 is 0 Å². The van der Waals surface area contributed by atoms with Crippen molar-refractivity contribution in [1.82, 2.24) is 0 Å². The summed E-state index contributed by atoms with van der Waals surface area (Å²) in [7, 11) is -6.95. The summed E-state index contributed by atoms with van der Waals surface area (Å²) >= 11 is 0. The second kappa shape index (κ2) is 7.73. The van der Waals surface area contributed by atoms with Crippen molar-refractivity contribution in [1.29, 1.82) is 0 Å². The van der Waals surface area contributed by atoms with Gasteiger partial charge >= 0.3 is 0 Å². The zero-order valence-corrected chi connectivity index (χ0v) is 15.9. The first kappa shape index (κ1) is 18.8. The van der Waals surface area contributed by atoms with Crippen LogP contribution >= 0.6 is 14.7 Å². The van der Waals surface area contributed by atoms with Gasteiger partial charge in [-0.05, 0) is 35.4 Å². The molecule has 0 aromatic heterocycles. The van der Waals surface area contributed by atoms with Crippen LogP contribution in [0.15, 0.2) is 84.9 Å². The molecule has 3 aromatic carbocycles. The highest BCUT2D eigenvalue weighted by Gasteiger charge is 2.23. The number of rotatable bonds is 6. The summed E-state index contributed by atoms with van der Waals surface area (Å²) in [6.45, 7) is 0. The van der Waals surface area contributed by atoms with E-state index < -0.39 is 14.7 Å². The Morgan fingerprint density at radius 3 is 1.15 bits per heavy atom. The van der Waals surface area contributed by atoms with Crippen molar-refractivity contribution in [3.05, 3.63) is 96.1 Å². The summed E-state index contributed by atoms with van der Waals surface area (Å²) in [5, 5.41) is 0.848. The van der Waals surface area contributed by atoms with E-state index in [9.17, 15) is 18.9 Å². The molecule has 0 fully saturated rings. The van der Waals surface area contributed by atoms with Crippen LogP contribution in [0.4, 0.5) is 0 Å². The lowest BCUT2D eigenvalue weighted by molar-refractivity contribution is 0.486. The third-order valence-electron chi connectivity index (χ3n) is 4.14. The Balaban J connectivity index is 1.73. The van der Waals surface area contributed by atoms with Crippen LogP contribution in [0.1, 0.15) is 11.1 Å². The standard InChI is InChI=1S/C20H20O4P2/c21-25(22,19-7-3-1-4-8-19)15-17-11-13-18(14-12-17)16-26(23,24)20-9-5-2-6-10-20/h1-14H,15-16H2,(H,21,22)(H,23,24). The van der Waals surface area contributed by atoms with Gasteiger partial charge in [0.15, 0.2) is 0 Å². The predicted molar refractivity (Wildman–Crippen MR) is 106 cm³/mol. The molecule has 0 radical (unpaired) electrons. The van der Waals surface area contributed by atoms with Gasteiger partial charge in [0.25, 0.3) is 0 Å². The lowest BCUT2D eigenvalue weighted by atomic mass is 10.2. The summed E-state index contributed by atoms with van der Waals surface area (Å²) in [6.07, 6.45) is 0.0690. The molecule has 0 spiro atoms. The fourth-order valence-electron chi connectivity index (χ4n) is 2.75. The third kappa shape index (κ3) is 4.60. The van der Waals surface area contributed by atoms with E-state index in [4.69, 9.17) is 0 Å². The van der Waals surface area contributed by atoms with Crippen molar-refractivity contribution in [2.24, 2.45) is 0 Å². The minimum absolute atomic E-state index is 0.0345. The van der Waals surface area contributed by atoms with Crippen molar-refractivity contribution >= 4 is 25.3 Å². The zero-order chi connectivity index (χ0) is 18.6. The summed E-state index contributed by atoms with van der Waals surface area (Å²) in [4.78, 5) is 20.6. The second-order valence-electron chi connectivity index (χ2n) is 6.21. The molecule has 2 unspecified atom stereocenters. The van der Waals surface area contributed by atoms with Gasteiger partial charge in [-0.25, -0.2) is 0 Å². The first-order valence-electron chi connectivity index (χ1n) is 8.19. The molecule has 2 N–H and O–H groups in total. The Kier molecular flexibility index (Phi) is 5.60. The lowest BCUT2D eigenvalue weighted by Gasteiger charge is -2.14. The number of benzene rings is 3. The van der Waals surface area contributed by atoms with Crippen LogP contribution in [-0.4, -0.2) is 9.79 Å². The molecule has 4 nitrogen and oxygen atoms in total. The molecule has 134 valence electrons. The van der Waals surface area contributed by atoms with E-state index in [0.29, 0.717) is 10.6 Å². The topological polar surface area (TPSA) is 74.6 Å². The normalized spacial score (nSPS) is 15.8. The molecule has 0 bridgehead atoms. The molecule has 3 aromatic rings. The molecular formula is C20H20O4P2. The van der Waals surface area contributed by atoms with E-state index in [-0.39, 0.29) is 12.3 Å². The van der Waals surface area contributed by atoms with Gasteiger partial charge in [0, 0.05) is 10.6 Å². The fourth-order valence-corrected chi connectivity index (χ4v) is 5.80. The van der Waals surface area contributed by atoms with Gasteiger partial charge in [0.2, 0.25) is 14.7 Å². The van der Waals surface area contributed by atoms with Gasteiger partial charge in [-0.3, -0.25) is 9.13 Å². The highest BCUT2D eigenvalue weighted by Crippen LogP contribution is 2.45. The Labute approximate surface area is 153 Å². The Bertz CT molecular complexity index is 874. The minimum atomic E-state index is -3.47. The monoisotopic (exact) mass is 386 g/mol. The molecule has 0 aliphatic heterocycles. The number of hydrogen-bond donors (Lipinski definition) is 2. The SMILES string of the molecule is O=P(O)(Cc1ccc(CP(=O)(O)c2ccccc2)cc1)c1ccccc1. The highest BCUT2D eigenvalue weighted by molar-refractivity contribution is 7.65. The van der Waals surface area contributed by atoms with Crippen molar-refractivity contribution in [3.63, 3.8) is 0 Å². The van der Waals surface area contributed by atoms with Gasteiger partial charge in [-0.1, -0.05) is 60.7 Å². The van der Waals surface area contributed by atoms with Gasteiger partial charge in [-0.2, -0.15) is 0 Å². The zero-order valence-electron chi connectivity index (χ0n) is 14.1. The maximum absolute atomic E-state index is 12.6. The summed E-state index contributed by atoms with van der Waals surface area (Å²) in [5.74, 6) is 0. The van der Waals surface area contributed by atoms with Crippen LogP contribution < -0.4 is 10.6 Å². The van der Waals surface area contributed by atoms with Crippen molar-refractivity contribution in [2.75, 3.05) is 0 Å². The van der Waals surface area contributed by atoms with Crippen LogP contribution in [0.3, 0.4) is 0 Å². The Hall–Kier alpha value is -1.96. The summed E-state index contributed by atoms with van der Waals surface area (Å²) < 4.78 is 25.1.